The maximum Gasteiger partial charge on any atom is 0.328 e. The van der Waals surface area contributed by atoms with E-state index in [-0.39, 0.29) is 18.1 Å². The molecule has 0 aliphatic heterocycles. The van der Waals surface area contributed by atoms with Gasteiger partial charge in [0.2, 0.25) is 5.91 Å². The molecule has 21 heavy (non-hydrogen) atoms. The number of rotatable bonds is 6. The first-order chi connectivity index (χ1) is 10.2. The van der Waals surface area contributed by atoms with E-state index < -0.39 is 0 Å². The van der Waals surface area contributed by atoms with Gasteiger partial charge in [0.25, 0.3) is 0 Å². The Hall–Kier alpha value is -2.50. The molecule has 0 bridgehead atoms. The summed E-state index contributed by atoms with van der Waals surface area (Å²) in [4.78, 5) is 24.0. The summed E-state index contributed by atoms with van der Waals surface area (Å²) >= 11 is 0. The molecule has 112 valence electrons. The lowest BCUT2D eigenvalue weighted by Crippen LogP contribution is -2.29. The Morgan fingerprint density at radius 3 is 2.67 bits per heavy atom. The van der Waals surface area contributed by atoms with Gasteiger partial charge in [-0.15, -0.1) is 0 Å². The van der Waals surface area contributed by atoms with Crippen LogP contribution in [0.5, 0.6) is 5.75 Å². The fourth-order valence-electron chi connectivity index (χ4n) is 2.08. The molecule has 1 N–H and O–H groups in total. The standard InChI is InChI=1S/C15H19N3O3/c1-3-8-17-9-10-18(15(17)20)11-14(19)16-12-6-4-5-7-13(12)21-2/h4-7,9-10H,3,8,11H2,1-2H3,(H,16,19). The molecule has 0 saturated carbocycles. The predicted octanol–water partition coefficient (Wildman–Crippen LogP) is 1.71. The molecule has 1 aromatic heterocycles. The van der Waals surface area contributed by atoms with E-state index >= 15 is 0 Å². The van der Waals surface area contributed by atoms with Crippen LogP contribution in [0.15, 0.2) is 41.5 Å². The topological polar surface area (TPSA) is 65.3 Å². The molecule has 0 aliphatic rings. The number of para-hydroxylation sites is 2. The molecule has 0 saturated heterocycles. The van der Waals surface area contributed by atoms with E-state index in [4.69, 9.17) is 4.74 Å². The van der Waals surface area contributed by atoms with Gasteiger partial charge in [-0.25, -0.2) is 4.79 Å². The molecule has 1 aromatic carbocycles. The first kappa shape index (κ1) is 14.9. The van der Waals surface area contributed by atoms with E-state index in [1.54, 1.807) is 36.2 Å². The van der Waals surface area contributed by atoms with Crippen LogP contribution in [-0.4, -0.2) is 22.2 Å². The lowest BCUT2D eigenvalue weighted by molar-refractivity contribution is -0.116. The van der Waals surface area contributed by atoms with Crippen LogP contribution in [0.3, 0.4) is 0 Å². The third-order valence-electron chi connectivity index (χ3n) is 3.08. The lowest BCUT2D eigenvalue weighted by Gasteiger charge is -2.09. The Morgan fingerprint density at radius 1 is 1.24 bits per heavy atom. The summed E-state index contributed by atoms with van der Waals surface area (Å²) in [6, 6.07) is 7.15. The summed E-state index contributed by atoms with van der Waals surface area (Å²) in [5, 5.41) is 2.75. The predicted molar refractivity (Wildman–Crippen MR) is 80.6 cm³/mol. The van der Waals surface area contributed by atoms with Crippen molar-refractivity contribution in [2.75, 3.05) is 12.4 Å². The van der Waals surface area contributed by atoms with Crippen molar-refractivity contribution in [2.24, 2.45) is 0 Å². The van der Waals surface area contributed by atoms with Crippen LogP contribution in [0.4, 0.5) is 5.69 Å². The number of nitrogens with zero attached hydrogens (tertiary/aromatic N) is 2. The minimum absolute atomic E-state index is 0.0202. The fourth-order valence-corrected chi connectivity index (χ4v) is 2.08. The third kappa shape index (κ3) is 3.53. The quantitative estimate of drug-likeness (QED) is 0.880. The average molecular weight is 289 g/mol. The van der Waals surface area contributed by atoms with Crippen LogP contribution in [-0.2, 0) is 17.9 Å². The minimum Gasteiger partial charge on any atom is -0.495 e. The molecule has 0 aliphatic carbocycles. The second-order valence-corrected chi connectivity index (χ2v) is 4.65. The summed E-state index contributed by atoms with van der Waals surface area (Å²) < 4.78 is 8.15. The Labute approximate surface area is 123 Å². The number of nitrogens with one attached hydrogen (secondary N) is 1. The highest BCUT2D eigenvalue weighted by molar-refractivity contribution is 5.92. The third-order valence-corrected chi connectivity index (χ3v) is 3.08. The van der Waals surface area contributed by atoms with Gasteiger partial charge in [-0.2, -0.15) is 0 Å². The molecule has 6 heteroatoms. The number of anilines is 1. The first-order valence-corrected chi connectivity index (χ1v) is 6.84. The van der Waals surface area contributed by atoms with Gasteiger partial charge in [-0.05, 0) is 18.6 Å². The number of methoxy groups -OCH3 is 1. The van der Waals surface area contributed by atoms with Gasteiger partial charge >= 0.3 is 5.69 Å². The normalized spacial score (nSPS) is 10.4. The number of ether oxygens (including phenoxy) is 1. The maximum atomic E-state index is 12.0. The van der Waals surface area contributed by atoms with E-state index in [2.05, 4.69) is 5.32 Å². The molecular formula is C15H19N3O3. The molecule has 6 nitrogen and oxygen atoms in total. The molecule has 2 rings (SSSR count). The highest BCUT2D eigenvalue weighted by atomic mass is 16.5. The number of amides is 1. The van der Waals surface area contributed by atoms with Crippen LogP contribution < -0.4 is 15.7 Å². The molecule has 0 radical (unpaired) electrons. The zero-order valence-corrected chi connectivity index (χ0v) is 12.2. The van der Waals surface area contributed by atoms with Crippen LogP contribution in [0, 0.1) is 0 Å². The first-order valence-electron chi connectivity index (χ1n) is 6.84. The number of benzene rings is 1. The van der Waals surface area contributed by atoms with Gasteiger partial charge in [0.1, 0.15) is 12.3 Å². The fraction of sp³-hybridized carbons (Fsp3) is 0.333. The van der Waals surface area contributed by atoms with Crippen molar-refractivity contribution in [3.8, 4) is 5.75 Å². The van der Waals surface area contributed by atoms with Crippen molar-refractivity contribution in [3.63, 3.8) is 0 Å². The van der Waals surface area contributed by atoms with Crippen LogP contribution in [0.1, 0.15) is 13.3 Å². The number of imidazole rings is 1. The highest BCUT2D eigenvalue weighted by Gasteiger charge is 2.10. The average Bonchev–Trinajstić information content (AvgIpc) is 2.81. The van der Waals surface area contributed by atoms with Crippen LogP contribution >= 0.6 is 0 Å². The summed E-state index contributed by atoms with van der Waals surface area (Å²) in [5.41, 5.74) is 0.415. The SMILES string of the molecule is CCCn1ccn(CC(=O)Nc2ccccc2OC)c1=O. The summed E-state index contributed by atoms with van der Waals surface area (Å²) in [5.74, 6) is 0.317. The summed E-state index contributed by atoms with van der Waals surface area (Å²) in [6.07, 6.45) is 4.19. The summed E-state index contributed by atoms with van der Waals surface area (Å²) in [6.45, 7) is 2.63. The molecule has 0 fully saturated rings. The Kier molecular flexibility index (Phi) is 4.81. The second-order valence-electron chi connectivity index (χ2n) is 4.65. The Balaban J connectivity index is 2.07. The minimum atomic E-state index is -0.268. The number of carbonyl (C=O) groups excluding carboxylic acids is 1. The van der Waals surface area contributed by atoms with E-state index in [1.165, 1.54) is 4.57 Å². The van der Waals surface area contributed by atoms with Gasteiger partial charge in [-0.3, -0.25) is 13.9 Å². The molecule has 0 atom stereocenters. The monoisotopic (exact) mass is 289 g/mol. The van der Waals surface area contributed by atoms with Gasteiger partial charge in [0, 0.05) is 18.9 Å². The largest absolute Gasteiger partial charge is 0.495 e. The van der Waals surface area contributed by atoms with Crippen molar-refractivity contribution in [1.29, 1.82) is 0 Å². The van der Waals surface area contributed by atoms with Crippen molar-refractivity contribution in [2.45, 2.75) is 26.4 Å². The van der Waals surface area contributed by atoms with Crippen molar-refractivity contribution >= 4 is 11.6 Å². The zero-order chi connectivity index (χ0) is 15.2. The second kappa shape index (κ2) is 6.78. The van der Waals surface area contributed by atoms with Crippen molar-refractivity contribution in [3.05, 3.63) is 47.1 Å². The van der Waals surface area contributed by atoms with Crippen LogP contribution in [0.25, 0.3) is 0 Å². The van der Waals surface area contributed by atoms with E-state index in [9.17, 15) is 9.59 Å². The van der Waals surface area contributed by atoms with E-state index in [0.717, 1.165) is 6.42 Å². The number of aromatic nitrogens is 2. The lowest BCUT2D eigenvalue weighted by atomic mass is 10.3. The molecule has 1 amide bonds. The van der Waals surface area contributed by atoms with Gasteiger partial charge in [0.05, 0.1) is 12.8 Å². The van der Waals surface area contributed by atoms with Crippen LogP contribution in [0.2, 0.25) is 0 Å². The number of aryl methyl sites for hydroxylation is 1. The van der Waals surface area contributed by atoms with Gasteiger partial charge in [-0.1, -0.05) is 19.1 Å². The van der Waals surface area contributed by atoms with Crippen molar-refractivity contribution < 1.29 is 9.53 Å². The van der Waals surface area contributed by atoms with Gasteiger partial charge in [0.15, 0.2) is 0 Å². The maximum absolute atomic E-state index is 12.0. The molecule has 2 aromatic rings. The Bertz CT molecular complexity index is 673. The Morgan fingerprint density at radius 2 is 1.95 bits per heavy atom. The summed E-state index contributed by atoms with van der Waals surface area (Å²) in [7, 11) is 1.54. The molecular weight excluding hydrogens is 270 g/mol. The van der Waals surface area contributed by atoms with Gasteiger partial charge < -0.3 is 10.1 Å². The van der Waals surface area contributed by atoms with E-state index in [1.807, 2.05) is 19.1 Å². The number of carbonyl (C=O) groups is 1. The van der Waals surface area contributed by atoms with Crippen molar-refractivity contribution in [1.82, 2.24) is 9.13 Å². The zero-order valence-electron chi connectivity index (χ0n) is 12.2. The van der Waals surface area contributed by atoms with E-state index in [0.29, 0.717) is 18.0 Å². The molecule has 1 heterocycles. The smallest absolute Gasteiger partial charge is 0.328 e. The number of hydrogen-bond acceptors (Lipinski definition) is 3. The molecule has 0 spiro atoms. The number of hydrogen-bond donors (Lipinski definition) is 1. The molecule has 0 unspecified atom stereocenters. The highest BCUT2D eigenvalue weighted by Crippen LogP contribution is 2.22.